The maximum absolute atomic E-state index is 13.5. The number of benzene rings is 1. The minimum Gasteiger partial charge on any atom is -0.510 e. The van der Waals surface area contributed by atoms with Crippen molar-refractivity contribution in [2.75, 3.05) is 45.1 Å². The number of hydrogen-bond donors (Lipinski definition) is 11. The smallest absolute Gasteiger partial charge is 0.510 e. The van der Waals surface area contributed by atoms with E-state index in [1.165, 1.54) is 138 Å². The van der Waals surface area contributed by atoms with Gasteiger partial charge in [0.25, 0.3) is 5.91 Å². The van der Waals surface area contributed by atoms with Gasteiger partial charge in [-0.05, 0) is 129 Å². The molecule has 20 nitrogen and oxygen atoms in total. The molecule has 95 heavy (non-hydrogen) atoms. The topological polar surface area (TPSA) is 282 Å². The van der Waals surface area contributed by atoms with E-state index in [-0.39, 0.29) is 122 Å². The molecular weight excluding hydrogens is 1410 g/mol. The van der Waals surface area contributed by atoms with Gasteiger partial charge in [0.15, 0.2) is 6.23 Å². The number of nitrogens with zero attached hydrogens (tertiary/aromatic N) is 3. The van der Waals surface area contributed by atoms with Crippen LogP contribution in [0, 0.1) is 54.4 Å². The summed E-state index contributed by atoms with van der Waals surface area (Å²) in [7, 11) is 3.59. The van der Waals surface area contributed by atoms with Crippen molar-refractivity contribution in [2.45, 2.75) is 224 Å². The summed E-state index contributed by atoms with van der Waals surface area (Å²) in [5.41, 5.74) is -0.0693. The number of hydrogen-bond acceptors (Lipinski definition) is 18. The number of phenols is 1. The van der Waals surface area contributed by atoms with Crippen LogP contribution >= 0.6 is 11.6 Å². The molecule has 2 aromatic heterocycles. The quantitative estimate of drug-likeness (QED) is 0.0368. The number of carbonyl (C=O) groups is 2. The number of halogens is 1. The minimum absolute atomic E-state index is 0. The zero-order valence-corrected chi connectivity index (χ0v) is 62.4. The Labute approximate surface area is 597 Å². The number of ether oxygens (including phenoxy) is 4. The van der Waals surface area contributed by atoms with Gasteiger partial charge in [0.1, 0.15) is 52.7 Å². The zero-order valence-electron chi connectivity index (χ0n) is 58.2. The molecule has 4 saturated carbocycles. The van der Waals surface area contributed by atoms with E-state index in [1.54, 1.807) is 58.4 Å². The second-order valence-electron chi connectivity index (χ2n) is 26.0. The van der Waals surface area contributed by atoms with Gasteiger partial charge in [-0.25, -0.2) is 0 Å². The Morgan fingerprint density at radius 2 is 1.19 bits per heavy atom. The van der Waals surface area contributed by atoms with Crippen molar-refractivity contribution in [3.05, 3.63) is 129 Å². The molecule has 6 fully saturated rings. The summed E-state index contributed by atoms with van der Waals surface area (Å²) in [5, 5.41) is 95.8. The standard InChI is InChI=1S/C29H39N3O7.C23H31N3O7.C6H11Cl.2C5H10.4CH3.2Ru/c1-5-8-18-11-20-26(35)30-23-19(27(36)32(20)14-18)12-21(16(2)24(23)33)39-28-25(34)29(3,37)22(15-38-28)31(4)13-17-9-6-7-10-17;1-5-6-12-7-14-20(29)25-17-13(21(30)26(14)9-12)8-15(11(2)18(17)27)33-22-19(28)23(3,31)16(24-4)10-32-22;7-5-6-3-1-2-4-6;2*1-2-4-5-3-1;;;;;;/h5,8,11-12,14,17,22,25-26,28,30,33-35,37H,6-7,9-10,13,15H2,1-4H3;5-9,13,16-17,19-20,22,24-25,27-29,31H,10H2,1-4H3;6H,1-5H2;2*1-5H2;4*1H3;;/q;;;;;4*-1;2*+2/b8-5+;6-5+;;;;;;;;;/i;;;;;;;;;2*1-2. The number of aliphatic hydroxyl groups excluding tert-OH is 5. The number of aromatic hydroxyl groups is 1. The summed E-state index contributed by atoms with van der Waals surface area (Å²) in [5.74, 6) is 0.464. The Balaban J connectivity index is 0.000000493. The van der Waals surface area contributed by atoms with Gasteiger partial charge in [-0.15, -0.1) is 11.6 Å². The van der Waals surface area contributed by atoms with Crippen LogP contribution in [0.2, 0.25) is 0 Å². The normalized spacial score (nSPS) is 29.2. The number of anilines is 1. The fourth-order valence-electron chi connectivity index (χ4n) is 13.6. The Bertz CT molecular complexity index is 2960. The number of alkyl halides is 1. The van der Waals surface area contributed by atoms with Crippen LogP contribution in [0.5, 0.6) is 11.5 Å². The Morgan fingerprint density at radius 1 is 0.705 bits per heavy atom. The molecule has 538 valence electrons. The van der Waals surface area contributed by atoms with Crippen molar-refractivity contribution in [1.29, 1.82) is 0 Å². The van der Waals surface area contributed by atoms with Gasteiger partial charge >= 0.3 is 39.0 Å². The fourth-order valence-corrected chi connectivity index (χ4v) is 13.9. The molecule has 12 unspecified atom stereocenters. The molecule has 11 N–H and O–H groups in total. The first-order valence-electron chi connectivity index (χ1n) is 32.5. The molecule has 1 aromatic carbocycles. The summed E-state index contributed by atoms with van der Waals surface area (Å²) >= 11 is 5.61. The van der Waals surface area contributed by atoms with Gasteiger partial charge in [-0.1, -0.05) is 114 Å². The van der Waals surface area contributed by atoms with Crippen LogP contribution in [-0.4, -0.2) is 161 Å². The molecule has 6 heterocycles. The summed E-state index contributed by atoms with van der Waals surface area (Å²) in [6, 6.07) is 3.06. The molecule has 0 spiro atoms. The molecule has 0 bridgehead atoms. The van der Waals surface area contributed by atoms with E-state index in [0.717, 1.165) is 29.5 Å². The van der Waals surface area contributed by atoms with Crippen LogP contribution in [0.1, 0.15) is 206 Å². The molecule has 12 rings (SSSR count). The second-order valence-corrected chi connectivity index (χ2v) is 26.3. The van der Waals surface area contributed by atoms with Crippen LogP contribution < -0.4 is 20.7 Å². The van der Waals surface area contributed by atoms with Crippen LogP contribution in [-0.2, 0) is 53.2 Å². The molecule has 2 saturated heterocycles. The summed E-state index contributed by atoms with van der Waals surface area (Å²) in [6.07, 6.45) is 29.8. The van der Waals surface area contributed by atoms with Crippen molar-refractivity contribution in [3.8, 4) is 11.5 Å². The molecule has 9 aliphatic rings. The number of likely N-dealkylation sites (N-methyl/N-ethyl adjacent to an activating group) is 2. The average molecular weight is 1520 g/mol. The molecular formula is C72H113ClN6O14Ru2. The number of allylic oxidation sites excluding steroid dienone is 3. The van der Waals surface area contributed by atoms with Gasteiger partial charge in [-0.2, -0.15) is 0 Å². The van der Waals surface area contributed by atoms with Crippen LogP contribution in [0.25, 0.3) is 12.2 Å². The first-order valence-corrected chi connectivity index (χ1v) is 33.1. The third-order valence-corrected chi connectivity index (χ3v) is 19.8. The number of aromatic nitrogens is 2. The van der Waals surface area contributed by atoms with E-state index in [1.807, 2.05) is 45.2 Å². The molecule has 5 aliphatic carbocycles. The predicted octanol–water partition coefficient (Wildman–Crippen LogP) is 11.6. The van der Waals surface area contributed by atoms with E-state index in [9.17, 15) is 50.4 Å². The maximum Gasteiger partial charge on any atom is 2.00 e. The molecule has 0 amide bonds. The van der Waals surface area contributed by atoms with Crippen molar-refractivity contribution >= 4 is 41.3 Å². The average Bonchev–Trinajstić information content (AvgIpc) is 1.76. The Morgan fingerprint density at radius 3 is 1.69 bits per heavy atom. The molecule has 12 atom stereocenters. The number of nitrogens with one attached hydrogen (secondary N) is 3. The van der Waals surface area contributed by atoms with Crippen molar-refractivity contribution in [1.82, 2.24) is 24.7 Å². The van der Waals surface area contributed by atoms with E-state index in [0.29, 0.717) is 28.4 Å². The van der Waals surface area contributed by atoms with Crippen LogP contribution in [0.3, 0.4) is 0 Å². The van der Waals surface area contributed by atoms with Gasteiger partial charge < -0.3 is 100 Å². The van der Waals surface area contributed by atoms with E-state index < -0.39 is 78.4 Å². The third kappa shape index (κ3) is 20.7. The SMILES string of the molecule is C/C=C/c1cc2n(c1)C(=O)C1C=C(OC3OCC(NC)C(C)(O)C3O)C(C)=C(O)C1NC2O.C/C=C/c1cc2n(c1)C(=O)c1cc(OC3OCC(N(C)CC4CCCC4)C(C)(O)C3O)c(C)c(O)c1NC2O.C1CCCC1.C1CCCC1.ClCC1CCCC1.[99Ru+2].[99Ru+2].[CH3-].[CH3-].[CH3-].[CH3-]. The van der Waals surface area contributed by atoms with E-state index in [4.69, 9.17) is 30.5 Å². The summed E-state index contributed by atoms with van der Waals surface area (Å²) in [4.78, 5) is 29.0. The van der Waals surface area contributed by atoms with Crippen LogP contribution in [0.15, 0.2) is 65.9 Å². The maximum atomic E-state index is 13.5. The van der Waals surface area contributed by atoms with Gasteiger partial charge in [-0.3, -0.25) is 28.9 Å². The van der Waals surface area contributed by atoms with E-state index in [2.05, 4.69) is 20.9 Å². The number of aliphatic hydroxyl groups is 7. The monoisotopic (exact) mass is 1520 g/mol. The van der Waals surface area contributed by atoms with Crippen LogP contribution in [0.4, 0.5) is 5.69 Å². The van der Waals surface area contributed by atoms with Crippen molar-refractivity contribution < 1.29 is 108 Å². The molecule has 0 radical (unpaired) electrons. The summed E-state index contributed by atoms with van der Waals surface area (Å²) in [6.45, 7) is 11.0. The Kier molecular flexibility index (Phi) is 36.6. The van der Waals surface area contributed by atoms with Gasteiger partial charge in [0.2, 0.25) is 18.5 Å². The number of rotatable bonds is 11. The van der Waals surface area contributed by atoms with E-state index >= 15 is 0 Å². The second kappa shape index (κ2) is 39.8. The summed E-state index contributed by atoms with van der Waals surface area (Å²) < 4.78 is 26.1. The largest absolute Gasteiger partial charge is 2.00 e. The van der Waals surface area contributed by atoms with Crippen molar-refractivity contribution in [3.63, 3.8) is 0 Å². The van der Waals surface area contributed by atoms with Crippen molar-refractivity contribution in [2.24, 2.45) is 17.8 Å². The minimum atomic E-state index is -1.53. The number of fused-ring (bicyclic) bond motifs is 4. The van der Waals surface area contributed by atoms with Gasteiger partial charge in [0, 0.05) is 36.0 Å². The molecule has 4 aliphatic heterocycles. The first-order chi connectivity index (χ1) is 42.5. The molecule has 23 heteroatoms. The van der Waals surface area contributed by atoms with Gasteiger partial charge in [0.05, 0.1) is 59.9 Å². The Hall–Kier alpha value is -3.82. The predicted molar refractivity (Wildman–Crippen MR) is 369 cm³/mol. The first kappa shape index (κ1) is 87.3. The number of phenolic OH excluding ortho intramolecular Hbond substituents is 1. The zero-order chi connectivity index (χ0) is 64.3. The molecule has 3 aromatic rings. The number of carbonyl (C=O) groups excluding carboxylic acids is 2. The third-order valence-electron chi connectivity index (χ3n) is 19.4. The fraction of sp³-hybridized carbons (Fsp3) is 0.611.